The summed E-state index contributed by atoms with van der Waals surface area (Å²) in [5.74, 6) is 1.25. The molecule has 5 nitrogen and oxygen atoms in total. The van der Waals surface area contributed by atoms with Crippen molar-refractivity contribution in [3.8, 4) is 24.1 Å². The maximum absolute atomic E-state index is 6.27. The molecule has 2 aromatic heterocycles. The van der Waals surface area contributed by atoms with E-state index in [1.54, 1.807) is 12.4 Å². The number of anilines is 1. The molecule has 0 unspecified atom stereocenters. The van der Waals surface area contributed by atoms with E-state index in [0.717, 1.165) is 56.4 Å². The molecule has 0 aliphatic heterocycles. The summed E-state index contributed by atoms with van der Waals surface area (Å²) >= 11 is 0. The average molecular weight is 574 g/mol. The summed E-state index contributed by atoms with van der Waals surface area (Å²) in [7, 11) is 0. The molecule has 1 saturated carbocycles. The fourth-order valence-corrected chi connectivity index (χ4v) is 5.07. The lowest BCUT2D eigenvalue weighted by molar-refractivity contribution is 0.393. The van der Waals surface area contributed by atoms with Gasteiger partial charge in [-0.3, -0.25) is 4.98 Å². The highest BCUT2D eigenvalue weighted by Crippen LogP contribution is 2.30. The molecule has 4 N–H and O–H groups in total. The van der Waals surface area contributed by atoms with Gasteiger partial charge >= 0.3 is 0 Å². The Hall–Kier alpha value is -4.82. The highest BCUT2D eigenvalue weighted by atomic mass is 15.0. The fourth-order valence-electron chi connectivity index (χ4n) is 5.07. The lowest BCUT2D eigenvalue weighted by atomic mass is 9.87. The predicted octanol–water partition coefficient (Wildman–Crippen LogP) is 9.06. The second-order valence-corrected chi connectivity index (χ2v) is 10.4. The van der Waals surface area contributed by atoms with Gasteiger partial charge in [-0.15, -0.1) is 12.8 Å². The van der Waals surface area contributed by atoms with Crippen molar-refractivity contribution in [1.29, 1.82) is 0 Å². The molecule has 1 aliphatic rings. The molecule has 2 aromatic rings. The van der Waals surface area contributed by atoms with Crippen LogP contribution in [0.5, 0.6) is 0 Å². The molecule has 43 heavy (non-hydrogen) atoms. The largest absolute Gasteiger partial charge is 0.399 e. The van der Waals surface area contributed by atoms with Gasteiger partial charge in [-0.05, 0) is 92.7 Å². The van der Waals surface area contributed by atoms with Crippen LogP contribution in [0.15, 0.2) is 133 Å². The molecule has 0 bridgehead atoms. The van der Waals surface area contributed by atoms with Crippen molar-refractivity contribution in [1.82, 2.24) is 15.3 Å². The summed E-state index contributed by atoms with van der Waals surface area (Å²) in [5, 5.41) is 6.90. The number of hydrogen-bond acceptors (Lipinski definition) is 5. The first-order valence-electron chi connectivity index (χ1n) is 14.7. The molecule has 0 radical (unpaired) electrons. The third-order valence-corrected chi connectivity index (χ3v) is 7.48. The number of allylic oxidation sites excluding steroid dienone is 10. The molecule has 0 saturated heterocycles. The van der Waals surface area contributed by atoms with Crippen molar-refractivity contribution in [2.45, 2.75) is 59.3 Å². The van der Waals surface area contributed by atoms with Crippen molar-refractivity contribution < 1.29 is 0 Å². The summed E-state index contributed by atoms with van der Waals surface area (Å²) in [4.78, 5) is 9.04. The zero-order chi connectivity index (χ0) is 31.8. The molecule has 0 spiro atoms. The number of hydrogen-bond donors (Lipinski definition) is 3. The zero-order valence-electron chi connectivity index (χ0n) is 26.1. The van der Waals surface area contributed by atoms with Gasteiger partial charge in [0.05, 0.1) is 5.69 Å². The minimum Gasteiger partial charge on any atom is -0.399 e. The number of nitrogens with two attached hydrogens (primary N) is 1. The van der Waals surface area contributed by atoms with Crippen LogP contribution in [0.2, 0.25) is 0 Å². The van der Waals surface area contributed by atoms with Gasteiger partial charge in [-0.2, -0.15) is 0 Å². The van der Waals surface area contributed by atoms with Crippen molar-refractivity contribution in [2.24, 2.45) is 11.7 Å². The molecule has 0 aromatic carbocycles. The molecular formula is C38H47N5. The monoisotopic (exact) mass is 573 g/mol. The van der Waals surface area contributed by atoms with E-state index in [9.17, 15) is 0 Å². The van der Waals surface area contributed by atoms with E-state index in [2.05, 4.69) is 84.1 Å². The van der Waals surface area contributed by atoms with E-state index in [4.69, 9.17) is 5.73 Å². The smallest absolute Gasteiger partial charge is 0.133 e. The summed E-state index contributed by atoms with van der Waals surface area (Å²) in [6.45, 7) is 22.8. The Kier molecular flexibility index (Phi) is 14.3. The fraction of sp³-hybridized carbons (Fsp3) is 0.263. The highest BCUT2D eigenvalue weighted by molar-refractivity contribution is 5.69. The molecule has 224 valence electrons. The molecule has 3 rings (SSSR count). The molecule has 5 heteroatoms. The predicted molar refractivity (Wildman–Crippen MR) is 186 cm³/mol. The Balaban J connectivity index is 0.00000316. The van der Waals surface area contributed by atoms with Gasteiger partial charge in [0.25, 0.3) is 0 Å². The summed E-state index contributed by atoms with van der Waals surface area (Å²) in [6.07, 6.45) is 28.5. The van der Waals surface area contributed by atoms with Crippen LogP contribution >= 0.6 is 0 Å². The van der Waals surface area contributed by atoms with Gasteiger partial charge in [0.1, 0.15) is 5.82 Å². The van der Waals surface area contributed by atoms with Crippen LogP contribution in [0.4, 0.5) is 5.82 Å². The topological polar surface area (TPSA) is 75.9 Å². The Morgan fingerprint density at radius 2 is 1.65 bits per heavy atom. The van der Waals surface area contributed by atoms with Crippen LogP contribution in [-0.4, -0.2) is 9.97 Å². The van der Waals surface area contributed by atoms with Crippen LogP contribution < -0.4 is 16.4 Å². The molecule has 1 aliphatic carbocycles. The lowest BCUT2D eigenvalue weighted by Crippen LogP contribution is -2.20. The SMILES string of the molecule is C#C.C=C\C(=C/C(=C\C)C(/C=C(/CC(=C)Nc1nccc(-c2ccccn2)c1C)C(=C)N)=C/C)NC(=C)C1CCCCC1. The standard InChI is InChI=1S/C36H45N5.C2H2/c1-8-29(30(9-2)24-33(10-3)41-28(7)31-16-12-11-13-17-31)23-32(27(6)37)22-25(4)40-36-26(5)34(19-21-39-36)35-18-14-15-20-38-35;1-2/h8-10,14-15,18-21,23-24,31,41H,3-4,6-7,11-13,16-17,22,37H2,1-2,5H3,(H,39,40);1-2H/b29-8+,30-9+,32-23-,33-24+;. The average Bonchev–Trinajstić information content (AvgIpc) is 3.04. The van der Waals surface area contributed by atoms with Gasteiger partial charge < -0.3 is 16.4 Å². The van der Waals surface area contributed by atoms with Crippen LogP contribution in [0.1, 0.15) is 57.9 Å². The summed E-state index contributed by atoms with van der Waals surface area (Å²) in [5.41, 5.74) is 15.4. The number of aromatic nitrogens is 2. The Bertz CT molecular complexity index is 1430. The number of terminal acetylenes is 1. The van der Waals surface area contributed by atoms with E-state index >= 15 is 0 Å². The first-order valence-corrected chi connectivity index (χ1v) is 14.7. The van der Waals surface area contributed by atoms with E-state index < -0.39 is 0 Å². The number of nitrogens with zero attached hydrogens (tertiary/aromatic N) is 2. The number of nitrogens with one attached hydrogen (secondary N) is 2. The van der Waals surface area contributed by atoms with Crippen LogP contribution in [0.3, 0.4) is 0 Å². The van der Waals surface area contributed by atoms with Crippen LogP contribution in [0.25, 0.3) is 11.3 Å². The van der Waals surface area contributed by atoms with Gasteiger partial charge in [-0.25, -0.2) is 4.98 Å². The minimum absolute atomic E-state index is 0.492. The lowest BCUT2D eigenvalue weighted by Gasteiger charge is -2.25. The third kappa shape index (κ3) is 10.2. The van der Waals surface area contributed by atoms with Crippen molar-refractivity contribution in [3.05, 3.63) is 138 Å². The minimum atomic E-state index is 0.492. The van der Waals surface area contributed by atoms with Crippen molar-refractivity contribution >= 4 is 5.82 Å². The maximum Gasteiger partial charge on any atom is 0.133 e. The van der Waals surface area contributed by atoms with E-state index in [0.29, 0.717) is 18.0 Å². The van der Waals surface area contributed by atoms with Crippen molar-refractivity contribution in [2.75, 3.05) is 5.32 Å². The van der Waals surface area contributed by atoms with Crippen LogP contribution in [-0.2, 0) is 0 Å². The molecule has 0 atom stereocenters. The summed E-state index contributed by atoms with van der Waals surface area (Å²) < 4.78 is 0. The van der Waals surface area contributed by atoms with Crippen LogP contribution in [0, 0.1) is 25.7 Å². The Morgan fingerprint density at radius 1 is 0.977 bits per heavy atom. The Labute approximate surface area is 259 Å². The zero-order valence-corrected chi connectivity index (χ0v) is 26.1. The highest BCUT2D eigenvalue weighted by Gasteiger charge is 2.17. The van der Waals surface area contributed by atoms with Gasteiger partial charge in [0.15, 0.2) is 0 Å². The molecule has 1 fully saturated rings. The third-order valence-electron chi connectivity index (χ3n) is 7.48. The quantitative estimate of drug-likeness (QED) is 0.165. The van der Waals surface area contributed by atoms with E-state index in [1.807, 2.05) is 51.1 Å². The molecular weight excluding hydrogens is 526 g/mol. The van der Waals surface area contributed by atoms with E-state index in [1.165, 1.54) is 32.1 Å². The van der Waals surface area contributed by atoms with E-state index in [-0.39, 0.29) is 0 Å². The summed E-state index contributed by atoms with van der Waals surface area (Å²) in [6, 6.07) is 7.85. The Morgan fingerprint density at radius 3 is 2.23 bits per heavy atom. The van der Waals surface area contributed by atoms with Gasteiger partial charge in [0.2, 0.25) is 0 Å². The van der Waals surface area contributed by atoms with Gasteiger partial charge in [-0.1, -0.05) is 63.8 Å². The number of rotatable bonds is 13. The second-order valence-electron chi connectivity index (χ2n) is 10.4. The number of pyridine rings is 2. The van der Waals surface area contributed by atoms with Gasteiger partial charge in [0, 0.05) is 52.7 Å². The first-order chi connectivity index (χ1) is 20.8. The first kappa shape index (κ1) is 34.4. The molecule has 2 heterocycles. The normalized spacial score (nSPS) is 14.6. The van der Waals surface area contributed by atoms with Crippen molar-refractivity contribution in [3.63, 3.8) is 0 Å². The second kappa shape index (κ2) is 17.9. The molecule has 0 amide bonds. The maximum atomic E-state index is 6.27.